The van der Waals surface area contributed by atoms with E-state index in [1.165, 1.54) is 15.8 Å². The number of rotatable bonds is 6. The Morgan fingerprint density at radius 1 is 1.35 bits per heavy atom. The maximum Gasteiger partial charge on any atom is 0.182 e. The van der Waals surface area contributed by atoms with Crippen LogP contribution in [0.5, 0.6) is 0 Å². The van der Waals surface area contributed by atoms with Crippen LogP contribution in [0.4, 0.5) is 0 Å². The summed E-state index contributed by atoms with van der Waals surface area (Å²) in [6, 6.07) is 6.51. The minimum atomic E-state index is 0.626. The average molecular weight is 307 g/mol. The van der Waals surface area contributed by atoms with Crippen LogP contribution in [0.3, 0.4) is 0 Å². The van der Waals surface area contributed by atoms with Gasteiger partial charge in [-0.2, -0.15) is 0 Å². The summed E-state index contributed by atoms with van der Waals surface area (Å²) < 4.78 is 3.24. The molecule has 0 amide bonds. The van der Waals surface area contributed by atoms with E-state index in [-0.39, 0.29) is 0 Å². The predicted molar refractivity (Wildman–Crippen MR) is 90.1 cm³/mol. The van der Waals surface area contributed by atoms with E-state index in [9.17, 15) is 0 Å². The maximum atomic E-state index is 7.96. The van der Waals surface area contributed by atoms with E-state index in [4.69, 9.17) is 10.8 Å². The zero-order chi connectivity index (χ0) is 14.5. The van der Waals surface area contributed by atoms with Crippen molar-refractivity contribution in [3.63, 3.8) is 0 Å². The standard InChI is InChI=1S/C15H21N3S2/c1-3-18-12-9-8-11(10-13(12)20-15(18)17)6-5-7-14(16)19-4-2/h8-10,16-17H,3-7H2,1-2H3. The van der Waals surface area contributed by atoms with Gasteiger partial charge in [-0.1, -0.05) is 24.3 Å². The molecule has 5 heteroatoms. The van der Waals surface area contributed by atoms with Gasteiger partial charge in [0.1, 0.15) is 0 Å². The zero-order valence-corrected chi connectivity index (χ0v) is 13.7. The summed E-state index contributed by atoms with van der Waals surface area (Å²) in [7, 11) is 0. The number of nitrogens with one attached hydrogen (secondary N) is 2. The van der Waals surface area contributed by atoms with Crippen LogP contribution in [-0.2, 0) is 13.0 Å². The molecule has 0 atom stereocenters. The predicted octanol–water partition coefficient (Wildman–Crippen LogP) is 4.26. The van der Waals surface area contributed by atoms with E-state index in [2.05, 4.69) is 32.0 Å². The first-order chi connectivity index (χ1) is 9.65. The molecule has 0 fully saturated rings. The average Bonchev–Trinajstić information content (AvgIpc) is 2.73. The topological polar surface area (TPSA) is 52.6 Å². The zero-order valence-electron chi connectivity index (χ0n) is 12.0. The number of aromatic nitrogens is 1. The molecule has 0 saturated heterocycles. The third-order valence-corrected chi connectivity index (χ3v) is 5.07. The van der Waals surface area contributed by atoms with Crippen LogP contribution in [-0.4, -0.2) is 15.4 Å². The monoisotopic (exact) mass is 307 g/mol. The van der Waals surface area contributed by atoms with Gasteiger partial charge in [0.15, 0.2) is 4.80 Å². The van der Waals surface area contributed by atoms with Crippen molar-refractivity contribution in [1.82, 2.24) is 4.57 Å². The summed E-state index contributed by atoms with van der Waals surface area (Å²) >= 11 is 3.18. The van der Waals surface area contributed by atoms with Crippen molar-refractivity contribution in [3.05, 3.63) is 28.6 Å². The Labute approximate surface area is 128 Å². The lowest BCUT2D eigenvalue weighted by molar-refractivity contribution is 0.755. The Bertz CT molecular complexity index is 655. The molecule has 0 bridgehead atoms. The van der Waals surface area contributed by atoms with Crippen molar-refractivity contribution in [1.29, 1.82) is 10.8 Å². The van der Waals surface area contributed by atoms with E-state index in [1.54, 1.807) is 23.1 Å². The highest BCUT2D eigenvalue weighted by atomic mass is 32.2. The first kappa shape index (κ1) is 15.3. The summed E-state index contributed by atoms with van der Waals surface area (Å²) in [4.78, 5) is 0.626. The van der Waals surface area contributed by atoms with Gasteiger partial charge in [0.2, 0.25) is 0 Å². The molecule has 1 aromatic carbocycles. The van der Waals surface area contributed by atoms with Gasteiger partial charge >= 0.3 is 0 Å². The van der Waals surface area contributed by atoms with Crippen molar-refractivity contribution >= 4 is 38.4 Å². The van der Waals surface area contributed by atoms with E-state index < -0.39 is 0 Å². The van der Waals surface area contributed by atoms with Gasteiger partial charge in [0, 0.05) is 6.54 Å². The van der Waals surface area contributed by atoms with Gasteiger partial charge in [0.25, 0.3) is 0 Å². The van der Waals surface area contributed by atoms with Crippen molar-refractivity contribution in [3.8, 4) is 0 Å². The normalized spacial score (nSPS) is 11.1. The molecule has 0 radical (unpaired) electrons. The van der Waals surface area contributed by atoms with Gasteiger partial charge in [-0.25, -0.2) is 0 Å². The molecule has 108 valence electrons. The highest BCUT2D eigenvalue weighted by molar-refractivity contribution is 8.13. The van der Waals surface area contributed by atoms with Gasteiger partial charge in [0.05, 0.1) is 15.3 Å². The molecular formula is C15H21N3S2. The first-order valence-corrected chi connectivity index (χ1v) is 8.83. The van der Waals surface area contributed by atoms with Crippen LogP contribution in [0.2, 0.25) is 0 Å². The van der Waals surface area contributed by atoms with Gasteiger partial charge in [-0.05, 0) is 49.6 Å². The Balaban J connectivity index is 2.05. The van der Waals surface area contributed by atoms with Crippen molar-refractivity contribution in [2.45, 2.75) is 39.7 Å². The van der Waals surface area contributed by atoms with E-state index >= 15 is 0 Å². The summed E-state index contributed by atoms with van der Waals surface area (Å²) in [5, 5.41) is 16.5. The number of thiazole rings is 1. The Morgan fingerprint density at radius 2 is 2.15 bits per heavy atom. The lowest BCUT2D eigenvalue weighted by atomic mass is 10.1. The van der Waals surface area contributed by atoms with Gasteiger partial charge < -0.3 is 4.57 Å². The fourth-order valence-electron chi connectivity index (χ4n) is 2.30. The van der Waals surface area contributed by atoms with Gasteiger partial charge in [-0.3, -0.25) is 10.8 Å². The summed E-state index contributed by atoms with van der Waals surface area (Å²) in [6.45, 7) is 5.02. The highest BCUT2D eigenvalue weighted by Gasteiger charge is 2.05. The molecule has 2 rings (SSSR count). The van der Waals surface area contributed by atoms with Crippen LogP contribution < -0.4 is 4.80 Å². The number of hydrogen-bond donors (Lipinski definition) is 2. The largest absolute Gasteiger partial charge is 0.317 e. The van der Waals surface area contributed by atoms with Crippen LogP contribution in [0, 0.1) is 10.8 Å². The molecule has 1 heterocycles. The summed E-state index contributed by atoms with van der Waals surface area (Å²) in [6.07, 6.45) is 2.92. The van der Waals surface area contributed by atoms with E-state index in [1.807, 2.05) is 4.57 Å². The molecule has 1 aromatic heterocycles. The maximum absolute atomic E-state index is 7.96. The first-order valence-electron chi connectivity index (χ1n) is 7.02. The smallest absolute Gasteiger partial charge is 0.182 e. The van der Waals surface area contributed by atoms with Crippen LogP contribution in [0.15, 0.2) is 18.2 Å². The fraction of sp³-hybridized carbons (Fsp3) is 0.467. The van der Waals surface area contributed by atoms with E-state index in [0.717, 1.165) is 36.6 Å². The second kappa shape index (κ2) is 7.09. The molecule has 2 N–H and O–H groups in total. The number of nitrogens with zero attached hydrogens (tertiary/aromatic N) is 1. The number of hydrogen-bond acceptors (Lipinski definition) is 4. The number of benzene rings is 1. The quantitative estimate of drug-likeness (QED) is 0.608. The van der Waals surface area contributed by atoms with Crippen molar-refractivity contribution in [2.75, 3.05) is 5.75 Å². The van der Waals surface area contributed by atoms with Crippen LogP contribution in [0.25, 0.3) is 10.2 Å². The third-order valence-electron chi connectivity index (χ3n) is 3.27. The van der Waals surface area contributed by atoms with E-state index in [0.29, 0.717) is 4.80 Å². The summed E-state index contributed by atoms with van der Waals surface area (Å²) in [5.74, 6) is 0.989. The molecule has 0 aliphatic carbocycles. The molecule has 20 heavy (non-hydrogen) atoms. The van der Waals surface area contributed by atoms with Crippen LogP contribution in [0.1, 0.15) is 32.3 Å². The number of aryl methyl sites for hydroxylation is 2. The lowest BCUT2D eigenvalue weighted by Crippen LogP contribution is -2.10. The molecule has 0 aliphatic rings. The number of thioether (sulfide) groups is 1. The minimum Gasteiger partial charge on any atom is -0.317 e. The molecule has 2 aromatic rings. The SMILES string of the molecule is CCSC(=N)CCCc1ccc2c(c1)sc(=N)n2CC. The third kappa shape index (κ3) is 3.52. The molecule has 0 saturated carbocycles. The van der Waals surface area contributed by atoms with Crippen molar-refractivity contribution < 1.29 is 0 Å². The molecule has 0 unspecified atom stereocenters. The Morgan fingerprint density at radius 3 is 2.85 bits per heavy atom. The second-order valence-electron chi connectivity index (χ2n) is 4.66. The molecule has 0 aliphatic heterocycles. The summed E-state index contributed by atoms with van der Waals surface area (Å²) in [5.41, 5.74) is 2.48. The Kier molecular flexibility index (Phi) is 5.43. The molecule has 0 spiro atoms. The second-order valence-corrected chi connectivity index (χ2v) is 7.05. The van der Waals surface area contributed by atoms with Crippen molar-refractivity contribution in [2.24, 2.45) is 0 Å². The minimum absolute atomic E-state index is 0.626. The molecular weight excluding hydrogens is 286 g/mol. The highest BCUT2D eigenvalue weighted by Crippen LogP contribution is 2.20. The fourth-order valence-corrected chi connectivity index (χ4v) is 3.98. The number of fused-ring (bicyclic) bond motifs is 1. The molecule has 3 nitrogen and oxygen atoms in total. The van der Waals surface area contributed by atoms with Crippen LogP contribution >= 0.6 is 23.1 Å². The Hall–Kier alpha value is -1.07. The van der Waals surface area contributed by atoms with Gasteiger partial charge in [-0.15, -0.1) is 11.8 Å². The lowest BCUT2D eigenvalue weighted by Gasteiger charge is -2.04.